The van der Waals surface area contributed by atoms with Gasteiger partial charge in [0.25, 0.3) is 0 Å². The first kappa shape index (κ1) is 13.7. The third-order valence-electron chi connectivity index (χ3n) is 2.86. The molecule has 1 unspecified atom stereocenters. The Bertz CT molecular complexity index is 291. The van der Waals surface area contributed by atoms with Gasteiger partial charge in [-0.3, -0.25) is 4.79 Å². The van der Waals surface area contributed by atoms with Crippen LogP contribution < -0.4 is 5.32 Å². The molecular formula is C12H20N2O3. The van der Waals surface area contributed by atoms with Crippen LogP contribution in [0.15, 0.2) is 12.7 Å². The van der Waals surface area contributed by atoms with E-state index in [1.165, 1.54) is 7.11 Å². The van der Waals surface area contributed by atoms with Gasteiger partial charge in [0.15, 0.2) is 0 Å². The molecule has 0 spiro atoms. The zero-order valence-corrected chi connectivity index (χ0v) is 10.3. The fourth-order valence-electron chi connectivity index (χ4n) is 1.99. The van der Waals surface area contributed by atoms with Crippen LogP contribution in [0.2, 0.25) is 0 Å². The quantitative estimate of drug-likeness (QED) is 0.427. The summed E-state index contributed by atoms with van der Waals surface area (Å²) in [7, 11) is 1.36. The van der Waals surface area contributed by atoms with Gasteiger partial charge in [0, 0.05) is 13.1 Å². The summed E-state index contributed by atoms with van der Waals surface area (Å²) >= 11 is 0. The van der Waals surface area contributed by atoms with Gasteiger partial charge in [0.05, 0.1) is 13.7 Å². The number of esters is 1. The Labute approximate surface area is 102 Å². The van der Waals surface area contributed by atoms with Crippen LogP contribution in [0.4, 0.5) is 0 Å². The third kappa shape index (κ3) is 3.85. The van der Waals surface area contributed by atoms with Crippen LogP contribution in [0, 0.1) is 0 Å². The van der Waals surface area contributed by atoms with Gasteiger partial charge in [-0.25, -0.2) is 4.79 Å². The first-order valence-corrected chi connectivity index (χ1v) is 5.89. The van der Waals surface area contributed by atoms with Gasteiger partial charge in [-0.15, -0.1) is 6.58 Å². The minimum Gasteiger partial charge on any atom is -0.467 e. The molecule has 1 heterocycles. The number of methoxy groups -OCH3 is 1. The van der Waals surface area contributed by atoms with E-state index in [0.29, 0.717) is 19.5 Å². The number of rotatable bonds is 5. The Hall–Kier alpha value is -1.36. The van der Waals surface area contributed by atoms with Gasteiger partial charge in [-0.2, -0.15) is 0 Å². The molecule has 1 fully saturated rings. The second kappa shape index (κ2) is 7.06. The number of hydrogen-bond donors (Lipinski definition) is 1. The molecule has 1 aliphatic rings. The average molecular weight is 240 g/mol. The summed E-state index contributed by atoms with van der Waals surface area (Å²) in [4.78, 5) is 25.1. The molecule has 0 radical (unpaired) electrons. The Morgan fingerprint density at radius 1 is 1.53 bits per heavy atom. The van der Waals surface area contributed by atoms with E-state index in [9.17, 15) is 9.59 Å². The molecule has 1 saturated heterocycles. The Morgan fingerprint density at radius 2 is 2.29 bits per heavy atom. The van der Waals surface area contributed by atoms with E-state index in [1.807, 2.05) is 0 Å². The molecule has 5 nitrogen and oxygen atoms in total. The standard InChI is InChI=1S/C12H20N2O3/c1-3-7-13-9-11(15)14-8-5-4-6-10(14)12(16)17-2/h3,10,13H,1,4-9H2,2H3. The number of hydrogen-bond acceptors (Lipinski definition) is 4. The van der Waals surface area contributed by atoms with E-state index in [-0.39, 0.29) is 18.4 Å². The lowest BCUT2D eigenvalue weighted by atomic mass is 10.0. The normalized spacial score (nSPS) is 19.8. The Kier molecular flexibility index (Phi) is 5.69. The van der Waals surface area contributed by atoms with E-state index in [4.69, 9.17) is 4.74 Å². The van der Waals surface area contributed by atoms with Crippen LogP contribution >= 0.6 is 0 Å². The number of amides is 1. The number of ether oxygens (including phenoxy) is 1. The Morgan fingerprint density at radius 3 is 2.94 bits per heavy atom. The Balaban J connectivity index is 2.54. The van der Waals surface area contributed by atoms with Crippen molar-refractivity contribution in [2.24, 2.45) is 0 Å². The first-order valence-electron chi connectivity index (χ1n) is 5.89. The maximum atomic E-state index is 11.9. The van der Waals surface area contributed by atoms with E-state index in [1.54, 1.807) is 11.0 Å². The molecule has 1 aliphatic heterocycles. The summed E-state index contributed by atoms with van der Waals surface area (Å²) < 4.78 is 4.73. The number of likely N-dealkylation sites (tertiary alicyclic amines) is 1. The van der Waals surface area contributed by atoms with Crippen molar-refractivity contribution in [3.63, 3.8) is 0 Å². The molecule has 0 aromatic carbocycles. The second-order valence-corrected chi connectivity index (χ2v) is 4.04. The zero-order chi connectivity index (χ0) is 12.7. The number of carbonyl (C=O) groups excluding carboxylic acids is 2. The van der Waals surface area contributed by atoms with Crippen molar-refractivity contribution in [2.45, 2.75) is 25.3 Å². The van der Waals surface area contributed by atoms with Crippen LogP contribution in [0.3, 0.4) is 0 Å². The summed E-state index contributed by atoms with van der Waals surface area (Å²) in [6, 6.07) is -0.410. The largest absolute Gasteiger partial charge is 0.467 e. The highest BCUT2D eigenvalue weighted by Crippen LogP contribution is 2.17. The second-order valence-electron chi connectivity index (χ2n) is 4.04. The van der Waals surface area contributed by atoms with Crippen molar-refractivity contribution in [1.82, 2.24) is 10.2 Å². The van der Waals surface area contributed by atoms with Crippen molar-refractivity contribution in [3.8, 4) is 0 Å². The van der Waals surface area contributed by atoms with Gasteiger partial charge < -0.3 is 15.0 Å². The molecule has 0 aromatic rings. The molecule has 1 amide bonds. The lowest BCUT2D eigenvalue weighted by molar-refractivity contribution is -0.154. The SMILES string of the molecule is C=CCNCC(=O)N1CCCCC1C(=O)OC. The number of carbonyl (C=O) groups is 2. The molecule has 0 aromatic heterocycles. The van der Waals surface area contributed by atoms with E-state index < -0.39 is 6.04 Å². The zero-order valence-electron chi connectivity index (χ0n) is 10.3. The maximum absolute atomic E-state index is 11.9. The highest BCUT2D eigenvalue weighted by molar-refractivity contribution is 5.85. The third-order valence-corrected chi connectivity index (χ3v) is 2.86. The molecule has 96 valence electrons. The molecular weight excluding hydrogens is 220 g/mol. The van der Waals surface area contributed by atoms with Crippen molar-refractivity contribution in [1.29, 1.82) is 0 Å². The summed E-state index contributed by atoms with van der Waals surface area (Å²) in [6.45, 7) is 5.02. The highest BCUT2D eigenvalue weighted by atomic mass is 16.5. The van der Waals surface area contributed by atoms with E-state index >= 15 is 0 Å². The number of nitrogens with zero attached hydrogens (tertiary/aromatic N) is 1. The van der Waals surface area contributed by atoms with Gasteiger partial charge >= 0.3 is 5.97 Å². The van der Waals surface area contributed by atoms with Gasteiger partial charge in [-0.05, 0) is 19.3 Å². The van der Waals surface area contributed by atoms with Gasteiger partial charge in [0.2, 0.25) is 5.91 Å². The van der Waals surface area contributed by atoms with E-state index in [0.717, 1.165) is 12.8 Å². The monoisotopic (exact) mass is 240 g/mol. The average Bonchev–Trinajstić information content (AvgIpc) is 2.38. The fourth-order valence-corrected chi connectivity index (χ4v) is 1.99. The van der Waals surface area contributed by atoms with Crippen molar-refractivity contribution in [3.05, 3.63) is 12.7 Å². The maximum Gasteiger partial charge on any atom is 0.328 e. The lowest BCUT2D eigenvalue weighted by Crippen LogP contribution is -2.51. The van der Waals surface area contributed by atoms with Crippen LogP contribution in [0.25, 0.3) is 0 Å². The highest BCUT2D eigenvalue weighted by Gasteiger charge is 2.32. The van der Waals surface area contributed by atoms with Crippen molar-refractivity contribution >= 4 is 11.9 Å². The van der Waals surface area contributed by atoms with Crippen molar-refractivity contribution in [2.75, 3.05) is 26.7 Å². The van der Waals surface area contributed by atoms with Gasteiger partial charge in [-0.1, -0.05) is 6.08 Å². The molecule has 0 saturated carbocycles. The molecule has 1 N–H and O–H groups in total. The molecule has 17 heavy (non-hydrogen) atoms. The van der Waals surface area contributed by atoms with Crippen LogP contribution in [0.1, 0.15) is 19.3 Å². The van der Waals surface area contributed by atoms with Crippen LogP contribution in [-0.2, 0) is 14.3 Å². The summed E-state index contributed by atoms with van der Waals surface area (Å²) in [5, 5.41) is 2.95. The smallest absolute Gasteiger partial charge is 0.328 e. The van der Waals surface area contributed by atoms with Crippen molar-refractivity contribution < 1.29 is 14.3 Å². The summed E-state index contributed by atoms with van der Waals surface area (Å²) in [6.07, 6.45) is 4.30. The summed E-state index contributed by atoms with van der Waals surface area (Å²) in [5.74, 6) is -0.372. The predicted octanol–water partition coefficient (Wildman–Crippen LogP) is 0.316. The molecule has 1 atom stereocenters. The predicted molar refractivity (Wildman–Crippen MR) is 64.4 cm³/mol. The molecule has 5 heteroatoms. The van der Waals surface area contributed by atoms with Crippen LogP contribution in [-0.4, -0.2) is 49.6 Å². The number of nitrogens with one attached hydrogen (secondary N) is 1. The molecule has 0 aliphatic carbocycles. The fraction of sp³-hybridized carbons (Fsp3) is 0.667. The van der Waals surface area contributed by atoms with Gasteiger partial charge in [0.1, 0.15) is 6.04 Å². The number of piperidine rings is 1. The van der Waals surface area contributed by atoms with E-state index in [2.05, 4.69) is 11.9 Å². The topological polar surface area (TPSA) is 58.6 Å². The van der Waals surface area contributed by atoms with Crippen LogP contribution in [0.5, 0.6) is 0 Å². The molecule has 1 rings (SSSR count). The minimum atomic E-state index is -0.410. The lowest BCUT2D eigenvalue weighted by Gasteiger charge is -2.33. The molecule has 0 bridgehead atoms. The first-order chi connectivity index (χ1) is 8.20. The summed E-state index contributed by atoms with van der Waals surface area (Å²) in [5.41, 5.74) is 0. The minimum absolute atomic E-state index is 0.0537.